The van der Waals surface area contributed by atoms with Crippen molar-refractivity contribution < 1.29 is 27.1 Å². The van der Waals surface area contributed by atoms with Crippen molar-refractivity contribution in [1.29, 1.82) is 0 Å². The largest absolute Gasteiger partial charge is 0.409 e. The van der Waals surface area contributed by atoms with Crippen LogP contribution in [0.3, 0.4) is 0 Å². The molecule has 3 aliphatic heterocycles. The molecule has 35 heavy (non-hydrogen) atoms. The van der Waals surface area contributed by atoms with Crippen LogP contribution in [-0.2, 0) is 28.1 Å². The van der Waals surface area contributed by atoms with Gasteiger partial charge in [0.1, 0.15) is 5.60 Å². The van der Waals surface area contributed by atoms with Gasteiger partial charge in [-0.1, -0.05) is 41.4 Å². The zero-order chi connectivity index (χ0) is 25.2. The van der Waals surface area contributed by atoms with E-state index in [0.717, 1.165) is 28.8 Å². The number of benzene rings is 2. The van der Waals surface area contributed by atoms with Crippen molar-refractivity contribution in [2.45, 2.75) is 42.4 Å². The number of likely N-dealkylation sites (tertiary alicyclic amines) is 1. The molecule has 2 aromatic carbocycles. The van der Waals surface area contributed by atoms with Gasteiger partial charge in [0.05, 0.1) is 29.7 Å². The minimum absolute atomic E-state index is 0.226. The van der Waals surface area contributed by atoms with Gasteiger partial charge in [-0.3, -0.25) is 0 Å². The lowest BCUT2D eigenvalue weighted by Gasteiger charge is -2.46. The number of carbonyl (C=O) groups excluding carboxylic acids is 1. The van der Waals surface area contributed by atoms with Crippen LogP contribution in [0.2, 0.25) is 10.0 Å². The van der Waals surface area contributed by atoms with Gasteiger partial charge in [0.2, 0.25) is 0 Å². The number of nitrogens with two attached hydrogens (primary N) is 1. The molecule has 0 bridgehead atoms. The molecule has 1 fully saturated rings. The number of hydrogen-bond acceptors (Lipinski definition) is 4. The van der Waals surface area contributed by atoms with Crippen LogP contribution in [0.15, 0.2) is 34.7 Å². The van der Waals surface area contributed by atoms with Crippen LogP contribution in [0.1, 0.15) is 35.1 Å². The fourth-order valence-electron chi connectivity index (χ4n) is 4.82. The highest BCUT2D eigenvalue weighted by molar-refractivity contribution is 7.99. The van der Waals surface area contributed by atoms with Gasteiger partial charge in [-0.25, -0.2) is 13.6 Å². The topological polar surface area (TPSA) is 67.9 Å². The molecule has 0 saturated carbocycles. The minimum Gasteiger partial charge on any atom is -0.362 e. The zero-order valence-electron chi connectivity index (χ0n) is 18.1. The first-order valence-corrected chi connectivity index (χ1v) is 12.2. The van der Waals surface area contributed by atoms with Crippen LogP contribution in [0, 0.1) is 5.82 Å². The molecule has 12 heteroatoms. The fourth-order valence-corrected chi connectivity index (χ4v) is 6.31. The third kappa shape index (κ3) is 4.08. The number of halogens is 6. The van der Waals surface area contributed by atoms with Gasteiger partial charge >= 0.3 is 12.2 Å². The van der Waals surface area contributed by atoms with Crippen LogP contribution in [-0.4, -0.2) is 35.9 Å². The molecule has 5 nitrogen and oxygen atoms in total. The number of alkyl halides is 3. The third-order valence-corrected chi connectivity index (χ3v) is 8.59. The second-order valence-corrected chi connectivity index (χ2v) is 10.8. The number of urea groups is 1. The Hall–Kier alpha value is -2.01. The van der Waals surface area contributed by atoms with Crippen LogP contribution >= 0.6 is 35.1 Å². The number of nitrogens with zero attached hydrogens (tertiary/aromatic N) is 2. The molecule has 2 amide bonds. The summed E-state index contributed by atoms with van der Waals surface area (Å²) >= 11 is 12.0. The van der Waals surface area contributed by atoms with E-state index in [4.69, 9.17) is 33.7 Å². The number of primary amides is 1. The van der Waals surface area contributed by atoms with E-state index in [2.05, 4.69) is 4.40 Å². The number of amides is 2. The molecule has 5 rings (SSSR count). The summed E-state index contributed by atoms with van der Waals surface area (Å²) in [6.07, 6.45) is -4.21. The molecule has 1 saturated heterocycles. The Bertz CT molecular complexity index is 1230. The molecule has 1 atom stereocenters. The fraction of sp³-hybridized carbons (Fsp3) is 0.391. The first-order chi connectivity index (χ1) is 16.4. The van der Waals surface area contributed by atoms with E-state index in [1.165, 1.54) is 4.90 Å². The summed E-state index contributed by atoms with van der Waals surface area (Å²) in [6.45, 7) is 1.20. The molecule has 2 aromatic rings. The first kappa shape index (κ1) is 24.7. The molecule has 186 valence electrons. The predicted molar refractivity (Wildman–Crippen MR) is 126 cm³/mol. The van der Waals surface area contributed by atoms with E-state index in [9.17, 15) is 22.4 Å². The van der Waals surface area contributed by atoms with Crippen molar-refractivity contribution in [1.82, 2.24) is 4.90 Å². The van der Waals surface area contributed by atoms with Gasteiger partial charge in [0.15, 0.2) is 10.6 Å². The van der Waals surface area contributed by atoms with Crippen molar-refractivity contribution in [3.05, 3.63) is 68.4 Å². The third-order valence-electron chi connectivity index (χ3n) is 6.76. The number of carbonyl (C=O) groups is 1. The molecule has 3 heterocycles. The number of rotatable bonds is 4. The molecule has 2 N–H and O–H groups in total. The lowest BCUT2D eigenvalue weighted by atomic mass is 9.84. The lowest BCUT2D eigenvalue weighted by molar-refractivity contribution is -0.159. The smallest absolute Gasteiger partial charge is 0.362 e. The molecule has 3 aliphatic rings. The standard InChI is InChI=1S/C23H19Cl2F4N3O2S/c24-17-6-14(7-18(25)19(17)26)22(23(27,28)29)8-15(31-35-22)3-1-12-2-4-16-13(5-12)9-34-21(16)10-32(11-21)20(30)33/h2,4-7H,1,3,8-11H2,(H2,30,33)/t22-/m0/s1. The Kier molecular flexibility index (Phi) is 6.02. The van der Waals surface area contributed by atoms with Gasteiger partial charge in [-0.2, -0.15) is 13.2 Å². The summed E-state index contributed by atoms with van der Waals surface area (Å²) in [7, 11) is 0. The molecule has 0 aliphatic carbocycles. The van der Waals surface area contributed by atoms with Crippen molar-refractivity contribution in [2.75, 3.05) is 13.1 Å². The summed E-state index contributed by atoms with van der Waals surface area (Å²) < 4.78 is 64.2. The van der Waals surface area contributed by atoms with Crippen LogP contribution in [0.25, 0.3) is 0 Å². The molecule has 0 radical (unpaired) electrons. The summed E-state index contributed by atoms with van der Waals surface area (Å²) in [6, 6.07) is 7.30. The molecule has 1 spiro atoms. The Labute approximate surface area is 212 Å². The monoisotopic (exact) mass is 547 g/mol. The summed E-state index contributed by atoms with van der Waals surface area (Å²) in [5.74, 6) is -0.954. The number of fused-ring (bicyclic) bond motifs is 2. The summed E-state index contributed by atoms with van der Waals surface area (Å²) in [5.41, 5.74) is 7.90. The lowest BCUT2D eigenvalue weighted by Crippen LogP contribution is -2.62. The highest BCUT2D eigenvalue weighted by Gasteiger charge is 2.60. The average molecular weight is 548 g/mol. The summed E-state index contributed by atoms with van der Waals surface area (Å²) in [4.78, 5) is 12.8. The van der Waals surface area contributed by atoms with Gasteiger partial charge in [-0.05, 0) is 59.2 Å². The Morgan fingerprint density at radius 3 is 2.49 bits per heavy atom. The van der Waals surface area contributed by atoms with E-state index in [1.807, 2.05) is 18.2 Å². The van der Waals surface area contributed by atoms with E-state index < -0.39 is 38.4 Å². The Balaban J connectivity index is 1.29. The highest BCUT2D eigenvalue weighted by atomic mass is 35.5. The van der Waals surface area contributed by atoms with Gasteiger partial charge in [-0.15, -0.1) is 0 Å². The highest BCUT2D eigenvalue weighted by Crippen LogP contribution is 2.57. The second-order valence-electron chi connectivity index (χ2n) is 8.97. The molecule has 0 unspecified atom stereocenters. The van der Waals surface area contributed by atoms with Gasteiger partial charge in [0, 0.05) is 12.1 Å². The first-order valence-electron chi connectivity index (χ1n) is 10.7. The van der Waals surface area contributed by atoms with Crippen molar-refractivity contribution >= 4 is 46.9 Å². The number of hydrogen-bond donors (Lipinski definition) is 1. The number of ether oxygens (including phenoxy) is 1. The SMILES string of the molecule is NC(=O)N1CC2(C1)OCc1cc(CCC3=NS[C@@](c4cc(Cl)c(F)c(Cl)c4)(C(F)(F)F)C3)ccc12. The van der Waals surface area contributed by atoms with Crippen molar-refractivity contribution in [2.24, 2.45) is 10.1 Å². The average Bonchev–Trinajstić information content (AvgIpc) is 3.37. The molecular formula is C23H19Cl2F4N3O2S. The van der Waals surface area contributed by atoms with Crippen molar-refractivity contribution in [3.63, 3.8) is 0 Å². The maximum absolute atomic E-state index is 14.2. The maximum Gasteiger partial charge on any atom is 0.409 e. The van der Waals surface area contributed by atoms with E-state index >= 15 is 0 Å². The van der Waals surface area contributed by atoms with E-state index in [0.29, 0.717) is 50.2 Å². The van der Waals surface area contributed by atoms with Crippen LogP contribution in [0.5, 0.6) is 0 Å². The normalized spacial score (nSPS) is 22.8. The van der Waals surface area contributed by atoms with Gasteiger partial charge < -0.3 is 15.4 Å². The second kappa shape index (κ2) is 8.54. The number of aryl methyl sites for hydroxylation is 1. The van der Waals surface area contributed by atoms with Crippen LogP contribution in [0.4, 0.5) is 22.4 Å². The Morgan fingerprint density at radius 1 is 1.17 bits per heavy atom. The Morgan fingerprint density at radius 2 is 1.86 bits per heavy atom. The van der Waals surface area contributed by atoms with E-state index in [-0.39, 0.29) is 12.0 Å². The minimum atomic E-state index is -4.66. The summed E-state index contributed by atoms with van der Waals surface area (Å²) in [5, 5.41) is -0.928. The zero-order valence-corrected chi connectivity index (χ0v) is 20.4. The predicted octanol–water partition coefficient (Wildman–Crippen LogP) is 6.14. The van der Waals surface area contributed by atoms with Crippen LogP contribution < -0.4 is 5.73 Å². The van der Waals surface area contributed by atoms with E-state index in [1.54, 1.807) is 0 Å². The molecular weight excluding hydrogens is 529 g/mol. The molecule has 0 aromatic heterocycles. The maximum atomic E-state index is 14.2. The van der Waals surface area contributed by atoms with Crippen molar-refractivity contribution in [3.8, 4) is 0 Å². The van der Waals surface area contributed by atoms with Gasteiger partial charge in [0.25, 0.3) is 0 Å². The quantitative estimate of drug-likeness (QED) is 0.284.